The highest BCUT2D eigenvalue weighted by Gasteiger charge is 2.50. The van der Waals surface area contributed by atoms with Crippen LogP contribution in [0.15, 0.2) is 218 Å². The van der Waals surface area contributed by atoms with Gasteiger partial charge in [0.25, 0.3) is 0 Å². The Bertz CT molecular complexity index is 2170. The maximum absolute atomic E-state index is 2.55. The summed E-state index contributed by atoms with van der Waals surface area (Å²) in [4.78, 5) is 0. The smallest absolute Gasteiger partial charge is 0.0622 e. The third-order valence-corrected chi connectivity index (χ3v) is 13.7. The van der Waals surface area contributed by atoms with Crippen molar-refractivity contribution in [3.05, 3.63) is 218 Å². The molecule has 0 saturated heterocycles. The molecule has 8 rings (SSSR count). The van der Waals surface area contributed by atoms with Crippen molar-refractivity contribution in [3.8, 4) is 44.5 Å². The largest absolute Gasteiger partial charge is 0.145 e. The standard InChI is InChI=1S/C48H36P/c1-8-22-37(23-9-1)44-36-45(49(41-30-16-5-17-31-41,42-32-18-6-19-33-42)43-34-20-7-21-35-43)47(39-26-12-3-13-27-39)48(40-28-14-4-15-29-40)46(44)38-24-10-2-11-25-38/h1-36H/q+1. The molecule has 1 heteroatoms. The molecule has 0 saturated carbocycles. The summed E-state index contributed by atoms with van der Waals surface area (Å²) >= 11 is 0. The molecule has 0 bridgehead atoms. The van der Waals surface area contributed by atoms with Crippen molar-refractivity contribution < 1.29 is 0 Å². The highest BCUT2D eigenvalue weighted by Crippen LogP contribution is 2.59. The van der Waals surface area contributed by atoms with Gasteiger partial charge in [-0.15, -0.1) is 0 Å². The highest BCUT2D eigenvalue weighted by molar-refractivity contribution is 8.01. The fraction of sp³-hybridized carbons (Fsp3) is 0. The predicted octanol–water partition coefficient (Wildman–Crippen LogP) is 11.0. The summed E-state index contributed by atoms with van der Waals surface area (Å²) in [5.74, 6) is 0. The van der Waals surface area contributed by atoms with Crippen molar-refractivity contribution in [1.82, 2.24) is 0 Å². The first kappa shape index (κ1) is 30.5. The van der Waals surface area contributed by atoms with E-state index in [1.807, 2.05) is 0 Å². The van der Waals surface area contributed by atoms with E-state index in [4.69, 9.17) is 0 Å². The third-order valence-electron chi connectivity index (χ3n) is 9.37. The van der Waals surface area contributed by atoms with Crippen LogP contribution in [0.4, 0.5) is 0 Å². The van der Waals surface area contributed by atoms with Gasteiger partial charge in [-0.25, -0.2) is 0 Å². The first-order chi connectivity index (χ1) is 24.4. The molecule has 0 heterocycles. The highest BCUT2D eigenvalue weighted by atomic mass is 31.2. The number of hydrogen-bond acceptors (Lipinski definition) is 0. The van der Waals surface area contributed by atoms with Gasteiger partial charge in [0, 0.05) is 11.1 Å². The molecule has 8 aromatic carbocycles. The third kappa shape index (κ3) is 5.61. The molecule has 0 unspecified atom stereocenters. The molecule has 49 heavy (non-hydrogen) atoms. The predicted molar refractivity (Wildman–Crippen MR) is 213 cm³/mol. The van der Waals surface area contributed by atoms with E-state index < -0.39 is 7.26 Å². The minimum atomic E-state index is -2.51. The second-order valence-corrected chi connectivity index (χ2v) is 15.6. The Morgan fingerprint density at radius 1 is 0.245 bits per heavy atom. The van der Waals surface area contributed by atoms with Crippen LogP contribution in [-0.2, 0) is 0 Å². The van der Waals surface area contributed by atoms with Crippen LogP contribution in [0, 0.1) is 0 Å². The van der Waals surface area contributed by atoms with Crippen LogP contribution >= 0.6 is 7.26 Å². The molecule has 0 amide bonds. The van der Waals surface area contributed by atoms with Gasteiger partial charge in [-0.3, -0.25) is 0 Å². The van der Waals surface area contributed by atoms with Crippen molar-refractivity contribution in [2.24, 2.45) is 0 Å². The van der Waals surface area contributed by atoms with E-state index >= 15 is 0 Å². The summed E-state index contributed by atoms with van der Waals surface area (Å²) < 4.78 is 0. The van der Waals surface area contributed by atoms with Gasteiger partial charge >= 0.3 is 0 Å². The number of rotatable bonds is 8. The maximum Gasteiger partial charge on any atom is 0.145 e. The first-order valence-corrected chi connectivity index (χ1v) is 18.6. The summed E-state index contributed by atoms with van der Waals surface area (Å²) in [5, 5.41) is 5.33. The molecule has 0 N–H and O–H groups in total. The Morgan fingerprint density at radius 3 is 0.898 bits per heavy atom. The normalized spacial score (nSPS) is 11.3. The van der Waals surface area contributed by atoms with Crippen molar-refractivity contribution in [1.29, 1.82) is 0 Å². The SMILES string of the molecule is c1ccc(-c2cc([P+](c3ccccc3)(c3ccccc3)c3ccccc3)c(-c3ccccc3)c(-c3ccccc3)c2-c2ccccc2)cc1. The van der Waals surface area contributed by atoms with Gasteiger partial charge in [0.15, 0.2) is 0 Å². The van der Waals surface area contributed by atoms with E-state index in [-0.39, 0.29) is 0 Å². The van der Waals surface area contributed by atoms with Crippen LogP contribution in [0.25, 0.3) is 44.5 Å². The second kappa shape index (κ2) is 13.7. The lowest BCUT2D eigenvalue weighted by Crippen LogP contribution is -2.39. The van der Waals surface area contributed by atoms with Gasteiger partial charge in [-0.05, 0) is 75.8 Å². The average Bonchev–Trinajstić information content (AvgIpc) is 3.20. The van der Waals surface area contributed by atoms with Crippen LogP contribution in [0.1, 0.15) is 0 Å². The zero-order valence-electron chi connectivity index (χ0n) is 27.2. The fourth-order valence-corrected chi connectivity index (χ4v) is 11.8. The van der Waals surface area contributed by atoms with Gasteiger partial charge in [0.05, 0.1) is 0 Å². The monoisotopic (exact) mass is 643 g/mol. The van der Waals surface area contributed by atoms with Crippen LogP contribution in [-0.4, -0.2) is 0 Å². The Labute approximate surface area is 290 Å². The maximum atomic E-state index is 2.55. The molecule has 0 aliphatic heterocycles. The molecule has 8 aromatic rings. The van der Waals surface area contributed by atoms with E-state index in [2.05, 4.69) is 218 Å². The summed E-state index contributed by atoms with van der Waals surface area (Å²) in [6, 6.07) is 80.2. The number of hydrogen-bond donors (Lipinski definition) is 0. The minimum Gasteiger partial charge on any atom is -0.0622 e. The minimum absolute atomic E-state index is 1.20. The Kier molecular flexibility index (Phi) is 8.55. The lowest BCUT2D eigenvalue weighted by atomic mass is 9.83. The molecule has 0 atom stereocenters. The average molecular weight is 644 g/mol. The zero-order valence-corrected chi connectivity index (χ0v) is 28.1. The molecular formula is C48H36P+. The van der Waals surface area contributed by atoms with E-state index in [0.29, 0.717) is 0 Å². The van der Waals surface area contributed by atoms with Crippen LogP contribution < -0.4 is 21.2 Å². The lowest BCUT2D eigenvalue weighted by molar-refractivity contribution is 1.55. The first-order valence-electron chi connectivity index (χ1n) is 16.8. The zero-order chi connectivity index (χ0) is 32.9. The number of benzene rings is 8. The molecular weight excluding hydrogens is 608 g/mol. The van der Waals surface area contributed by atoms with Crippen molar-refractivity contribution in [2.45, 2.75) is 0 Å². The molecule has 232 valence electrons. The molecule has 0 radical (unpaired) electrons. The van der Waals surface area contributed by atoms with Crippen molar-refractivity contribution in [2.75, 3.05) is 0 Å². The molecule has 0 fully saturated rings. The van der Waals surface area contributed by atoms with E-state index in [1.165, 1.54) is 65.7 Å². The Hall–Kier alpha value is -5.81. The van der Waals surface area contributed by atoms with Gasteiger partial charge < -0.3 is 0 Å². The fourth-order valence-electron chi connectivity index (χ4n) is 7.29. The van der Waals surface area contributed by atoms with Crippen molar-refractivity contribution in [3.63, 3.8) is 0 Å². The van der Waals surface area contributed by atoms with Crippen LogP contribution in [0.2, 0.25) is 0 Å². The molecule has 0 nitrogen and oxygen atoms in total. The second-order valence-electron chi connectivity index (χ2n) is 12.2. The lowest BCUT2D eigenvalue weighted by Gasteiger charge is -2.32. The van der Waals surface area contributed by atoms with Gasteiger partial charge in [0.2, 0.25) is 0 Å². The van der Waals surface area contributed by atoms with E-state index in [9.17, 15) is 0 Å². The quantitative estimate of drug-likeness (QED) is 0.145. The Balaban J connectivity index is 1.68. The van der Waals surface area contributed by atoms with Crippen LogP contribution in [0.3, 0.4) is 0 Å². The summed E-state index contributed by atoms with van der Waals surface area (Å²) in [6.45, 7) is 0. The Morgan fingerprint density at radius 2 is 0.531 bits per heavy atom. The van der Waals surface area contributed by atoms with Gasteiger partial charge in [-0.2, -0.15) is 0 Å². The van der Waals surface area contributed by atoms with Gasteiger partial charge in [-0.1, -0.05) is 176 Å². The van der Waals surface area contributed by atoms with E-state index in [0.717, 1.165) is 0 Å². The summed E-state index contributed by atoms with van der Waals surface area (Å²) in [5.41, 5.74) is 9.81. The summed E-state index contributed by atoms with van der Waals surface area (Å²) in [7, 11) is -2.51. The molecule has 0 aliphatic rings. The molecule has 0 aliphatic carbocycles. The summed E-state index contributed by atoms with van der Waals surface area (Å²) in [6.07, 6.45) is 0. The van der Waals surface area contributed by atoms with Crippen molar-refractivity contribution >= 4 is 28.5 Å². The van der Waals surface area contributed by atoms with E-state index in [1.54, 1.807) is 0 Å². The topological polar surface area (TPSA) is 0 Å². The molecule has 0 spiro atoms. The van der Waals surface area contributed by atoms with Crippen LogP contribution in [0.5, 0.6) is 0 Å². The van der Waals surface area contributed by atoms with Gasteiger partial charge in [0.1, 0.15) is 28.5 Å². The molecule has 0 aromatic heterocycles.